The van der Waals surface area contributed by atoms with Gasteiger partial charge in [-0.05, 0) is 31.4 Å². The number of amides is 3. The maximum absolute atomic E-state index is 12.8. The second kappa shape index (κ2) is 9.45. The van der Waals surface area contributed by atoms with Crippen LogP contribution in [0.5, 0.6) is 0 Å². The lowest BCUT2D eigenvalue weighted by Crippen LogP contribution is -2.48. The molecule has 8 nitrogen and oxygen atoms in total. The second-order valence-electron chi connectivity index (χ2n) is 7.03. The van der Waals surface area contributed by atoms with Crippen molar-refractivity contribution in [3.63, 3.8) is 0 Å². The fourth-order valence-electron chi connectivity index (χ4n) is 2.97. The summed E-state index contributed by atoms with van der Waals surface area (Å²) in [5.74, 6) is -2.29. The van der Waals surface area contributed by atoms with Crippen LogP contribution in [-0.4, -0.2) is 61.0 Å². The van der Waals surface area contributed by atoms with Crippen LogP contribution in [0, 0.1) is 5.92 Å². The van der Waals surface area contributed by atoms with E-state index >= 15 is 0 Å². The maximum atomic E-state index is 12.8. The Morgan fingerprint density at radius 3 is 2.14 bits per heavy atom. The van der Waals surface area contributed by atoms with Crippen LogP contribution in [0.25, 0.3) is 0 Å². The van der Waals surface area contributed by atoms with Crippen molar-refractivity contribution in [2.24, 2.45) is 5.92 Å². The SMILES string of the molecule is COCCNC(=O)[C@H](C)OC(=O)[C@H](CC(C)C)N1C(=O)c2ccccc2C1=O. The number of ether oxygens (including phenoxy) is 2. The fourth-order valence-corrected chi connectivity index (χ4v) is 2.97. The van der Waals surface area contributed by atoms with Crippen molar-refractivity contribution in [3.8, 4) is 0 Å². The lowest BCUT2D eigenvalue weighted by Gasteiger charge is -2.27. The molecule has 0 fully saturated rings. The Hall–Kier alpha value is -2.74. The van der Waals surface area contributed by atoms with E-state index in [1.165, 1.54) is 14.0 Å². The molecule has 0 radical (unpaired) electrons. The van der Waals surface area contributed by atoms with Crippen LogP contribution >= 0.6 is 0 Å². The molecular formula is C20H26N2O6. The van der Waals surface area contributed by atoms with Gasteiger partial charge in [-0.15, -0.1) is 0 Å². The molecule has 1 aliphatic heterocycles. The molecular weight excluding hydrogens is 364 g/mol. The highest BCUT2D eigenvalue weighted by atomic mass is 16.5. The van der Waals surface area contributed by atoms with Gasteiger partial charge in [-0.1, -0.05) is 26.0 Å². The van der Waals surface area contributed by atoms with Crippen LogP contribution in [0.2, 0.25) is 0 Å². The molecule has 0 spiro atoms. The molecule has 0 aliphatic carbocycles. The lowest BCUT2D eigenvalue weighted by atomic mass is 10.0. The Balaban J connectivity index is 2.16. The minimum absolute atomic E-state index is 0.0210. The van der Waals surface area contributed by atoms with Gasteiger partial charge in [0.1, 0.15) is 6.04 Å². The third-order valence-corrected chi connectivity index (χ3v) is 4.37. The van der Waals surface area contributed by atoms with E-state index in [9.17, 15) is 19.2 Å². The van der Waals surface area contributed by atoms with Crippen molar-refractivity contribution in [2.75, 3.05) is 20.3 Å². The zero-order chi connectivity index (χ0) is 20.8. The third kappa shape index (κ3) is 4.75. The molecule has 1 N–H and O–H groups in total. The summed E-state index contributed by atoms with van der Waals surface area (Å²) < 4.78 is 10.1. The van der Waals surface area contributed by atoms with E-state index in [0.717, 1.165) is 4.90 Å². The van der Waals surface area contributed by atoms with Crippen LogP contribution in [0.15, 0.2) is 24.3 Å². The maximum Gasteiger partial charge on any atom is 0.330 e. The average molecular weight is 390 g/mol. The topological polar surface area (TPSA) is 102 Å². The molecule has 2 atom stereocenters. The van der Waals surface area contributed by atoms with Gasteiger partial charge in [0, 0.05) is 13.7 Å². The second-order valence-corrected chi connectivity index (χ2v) is 7.03. The molecule has 28 heavy (non-hydrogen) atoms. The summed E-state index contributed by atoms with van der Waals surface area (Å²) in [5.41, 5.74) is 0.527. The number of nitrogens with zero attached hydrogens (tertiary/aromatic N) is 1. The summed E-state index contributed by atoms with van der Waals surface area (Å²) in [4.78, 5) is 51.2. The van der Waals surface area contributed by atoms with E-state index in [-0.39, 0.29) is 30.0 Å². The normalized spacial score (nSPS) is 15.4. The highest BCUT2D eigenvalue weighted by Gasteiger charge is 2.44. The largest absolute Gasteiger partial charge is 0.451 e. The average Bonchev–Trinajstić information content (AvgIpc) is 2.90. The Kier molecular flexibility index (Phi) is 7.28. The van der Waals surface area contributed by atoms with Crippen molar-refractivity contribution in [1.82, 2.24) is 10.2 Å². The Labute approximate surface area is 164 Å². The lowest BCUT2D eigenvalue weighted by molar-refractivity contribution is -0.159. The number of carbonyl (C=O) groups is 4. The summed E-state index contributed by atoms with van der Waals surface area (Å²) >= 11 is 0. The van der Waals surface area contributed by atoms with Crippen molar-refractivity contribution in [3.05, 3.63) is 35.4 Å². The third-order valence-electron chi connectivity index (χ3n) is 4.37. The molecule has 3 amide bonds. The van der Waals surface area contributed by atoms with Gasteiger partial charge in [0.15, 0.2) is 6.10 Å². The zero-order valence-corrected chi connectivity index (χ0v) is 16.6. The van der Waals surface area contributed by atoms with E-state index in [2.05, 4.69) is 5.32 Å². The predicted molar refractivity (Wildman–Crippen MR) is 101 cm³/mol. The monoisotopic (exact) mass is 390 g/mol. The number of methoxy groups -OCH3 is 1. The van der Waals surface area contributed by atoms with Crippen LogP contribution in [0.1, 0.15) is 47.9 Å². The predicted octanol–water partition coefficient (Wildman–Crippen LogP) is 1.39. The van der Waals surface area contributed by atoms with Gasteiger partial charge in [-0.3, -0.25) is 19.3 Å². The van der Waals surface area contributed by atoms with E-state index in [1.807, 2.05) is 13.8 Å². The molecule has 0 aromatic heterocycles. The van der Waals surface area contributed by atoms with Crippen LogP contribution in [0.3, 0.4) is 0 Å². The van der Waals surface area contributed by atoms with Gasteiger partial charge < -0.3 is 14.8 Å². The Bertz CT molecular complexity index is 726. The van der Waals surface area contributed by atoms with Crippen molar-refractivity contribution < 1.29 is 28.7 Å². The van der Waals surface area contributed by atoms with E-state index < -0.39 is 35.8 Å². The van der Waals surface area contributed by atoms with Gasteiger partial charge in [-0.2, -0.15) is 0 Å². The first-order valence-electron chi connectivity index (χ1n) is 9.22. The minimum Gasteiger partial charge on any atom is -0.451 e. The number of nitrogens with one attached hydrogen (secondary N) is 1. The van der Waals surface area contributed by atoms with Crippen LogP contribution < -0.4 is 5.32 Å². The molecule has 152 valence electrons. The van der Waals surface area contributed by atoms with Crippen molar-refractivity contribution in [1.29, 1.82) is 0 Å². The summed E-state index contributed by atoms with van der Waals surface area (Å²) in [7, 11) is 1.51. The van der Waals surface area contributed by atoms with E-state index in [4.69, 9.17) is 9.47 Å². The first-order chi connectivity index (χ1) is 13.3. The van der Waals surface area contributed by atoms with E-state index in [0.29, 0.717) is 6.61 Å². The molecule has 1 heterocycles. The number of carbonyl (C=O) groups excluding carboxylic acids is 4. The molecule has 2 rings (SSSR count). The quantitative estimate of drug-likeness (QED) is 0.388. The molecule has 8 heteroatoms. The van der Waals surface area contributed by atoms with Gasteiger partial charge in [0.05, 0.1) is 17.7 Å². The van der Waals surface area contributed by atoms with Crippen LogP contribution in [0.4, 0.5) is 0 Å². The van der Waals surface area contributed by atoms with Gasteiger partial charge in [0.25, 0.3) is 17.7 Å². The van der Waals surface area contributed by atoms with Crippen LogP contribution in [-0.2, 0) is 19.1 Å². The molecule has 0 saturated heterocycles. The molecule has 1 aromatic carbocycles. The number of esters is 1. The van der Waals surface area contributed by atoms with Crippen molar-refractivity contribution in [2.45, 2.75) is 39.3 Å². The standard InChI is InChI=1S/C20H26N2O6/c1-12(2)11-16(20(26)28-13(3)17(23)21-9-10-27-4)22-18(24)14-7-5-6-8-15(14)19(22)25/h5-8,12-13,16H,9-11H2,1-4H3,(H,21,23)/t13-,16-/m0/s1. The number of hydrogen-bond donors (Lipinski definition) is 1. The molecule has 0 bridgehead atoms. The zero-order valence-electron chi connectivity index (χ0n) is 16.6. The Morgan fingerprint density at radius 2 is 1.64 bits per heavy atom. The Morgan fingerprint density at radius 1 is 1.07 bits per heavy atom. The van der Waals surface area contributed by atoms with E-state index in [1.54, 1.807) is 24.3 Å². The minimum atomic E-state index is -1.10. The summed E-state index contributed by atoms with van der Waals surface area (Å²) in [6.07, 6.45) is -0.823. The first kappa shape index (κ1) is 21.6. The molecule has 0 unspecified atom stereocenters. The highest BCUT2D eigenvalue weighted by Crippen LogP contribution is 2.27. The van der Waals surface area contributed by atoms with Gasteiger partial charge in [-0.25, -0.2) is 4.79 Å². The number of benzene rings is 1. The molecule has 1 aliphatic rings. The fraction of sp³-hybridized carbons (Fsp3) is 0.500. The van der Waals surface area contributed by atoms with Crippen molar-refractivity contribution >= 4 is 23.7 Å². The summed E-state index contributed by atoms with van der Waals surface area (Å²) in [6.45, 7) is 5.80. The number of rotatable bonds is 9. The highest BCUT2D eigenvalue weighted by molar-refractivity contribution is 6.22. The first-order valence-corrected chi connectivity index (χ1v) is 9.22. The number of hydrogen-bond acceptors (Lipinski definition) is 6. The molecule has 1 aromatic rings. The van der Waals surface area contributed by atoms with Gasteiger partial charge >= 0.3 is 5.97 Å². The summed E-state index contributed by atoms with van der Waals surface area (Å²) in [5, 5.41) is 2.58. The number of imide groups is 1. The smallest absolute Gasteiger partial charge is 0.330 e. The number of fused-ring (bicyclic) bond motifs is 1. The molecule has 0 saturated carbocycles. The van der Waals surface area contributed by atoms with Gasteiger partial charge in [0.2, 0.25) is 0 Å². The summed E-state index contributed by atoms with van der Waals surface area (Å²) in [6, 6.07) is 5.34.